The fourth-order valence-corrected chi connectivity index (χ4v) is 5.15. The summed E-state index contributed by atoms with van der Waals surface area (Å²) < 4.78 is 18.3. The molecule has 0 spiro atoms. The van der Waals surface area contributed by atoms with Crippen LogP contribution in [0.5, 0.6) is 0 Å². The number of hydrogen-bond donors (Lipinski definition) is 2. The first-order valence-electron chi connectivity index (χ1n) is 15.8. The van der Waals surface area contributed by atoms with E-state index in [1.807, 2.05) is 0 Å². The predicted octanol–water partition coefficient (Wildman–Crippen LogP) is 5.45. The minimum absolute atomic E-state index is 0.0548. The van der Waals surface area contributed by atoms with Crippen molar-refractivity contribution in [1.82, 2.24) is 9.55 Å². The SMILES string of the molecule is CC(C)CCOCCOCCOCCn1cc([C@@H](CCCCCCc2ccc3c(n2)NCCC3)CC(=O)O)ccc1=O. The number of carbonyl (C=O) groups is 1. The maximum absolute atomic E-state index is 12.4. The van der Waals surface area contributed by atoms with Gasteiger partial charge in [0.2, 0.25) is 0 Å². The first-order valence-corrected chi connectivity index (χ1v) is 15.8. The molecule has 9 nitrogen and oxygen atoms in total. The number of aliphatic carboxylic acids is 1. The molecule has 0 saturated carbocycles. The Labute approximate surface area is 251 Å². The van der Waals surface area contributed by atoms with Crippen LogP contribution >= 0.6 is 0 Å². The number of pyridine rings is 2. The van der Waals surface area contributed by atoms with Gasteiger partial charge in [0.1, 0.15) is 5.82 Å². The summed E-state index contributed by atoms with van der Waals surface area (Å²) in [5.41, 5.74) is 3.22. The number of fused-ring (bicyclic) bond motifs is 1. The minimum Gasteiger partial charge on any atom is -0.481 e. The Balaban J connectivity index is 1.34. The second-order valence-electron chi connectivity index (χ2n) is 11.6. The molecule has 3 heterocycles. The van der Waals surface area contributed by atoms with Crippen LogP contribution < -0.4 is 10.9 Å². The second-order valence-corrected chi connectivity index (χ2v) is 11.6. The first kappa shape index (κ1) is 33.7. The lowest BCUT2D eigenvalue weighted by Gasteiger charge is -2.18. The largest absolute Gasteiger partial charge is 0.481 e. The number of nitrogens with one attached hydrogen (secondary N) is 1. The van der Waals surface area contributed by atoms with E-state index < -0.39 is 5.97 Å². The van der Waals surface area contributed by atoms with Gasteiger partial charge in [-0.25, -0.2) is 4.98 Å². The van der Waals surface area contributed by atoms with Crippen LogP contribution in [0, 0.1) is 5.92 Å². The number of unbranched alkanes of at least 4 members (excludes halogenated alkanes) is 3. The summed E-state index contributed by atoms with van der Waals surface area (Å²) in [6.45, 7) is 8.94. The molecule has 0 aromatic carbocycles. The zero-order valence-corrected chi connectivity index (χ0v) is 25.7. The van der Waals surface area contributed by atoms with Crippen LogP contribution in [0.4, 0.5) is 5.82 Å². The summed E-state index contributed by atoms with van der Waals surface area (Å²) in [4.78, 5) is 28.8. The molecular weight excluding hydrogens is 534 g/mol. The van der Waals surface area contributed by atoms with Crippen molar-refractivity contribution >= 4 is 11.8 Å². The van der Waals surface area contributed by atoms with Gasteiger partial charge in [-0.1, -0.05) is 45.2 Å². The van der Waals surface area contributed by atoms with E-state index in [0.29, 0.717) is 45.5 Å². The number of carboxylic acid groups (broad SMARTS) is 1. The van der Waals surface area contributed by atoms with Gasteiger partial charge in [-0.15, -0.1) is 0 Å². The van der Waals surface area contributed by atoms with E-state index in [2.05, 4.69) is 31.3 Å². The van der Waals surface area contributed by atoms with Crippen LogP contribution in [-0.4, -0.2) is 66.8 Å². The van der Waals surface area contributed by atoms with Crippen molar-refractivity contribution in [3.05, 3.63) is 57.6 Å². The summed E-state index contributed by atoms with van der Waals surface area (Å²) in [5, 5.41) is 12.9. The summed E-state index contributed by atoms with van der Waals surface area (Å²) in [6.07, 6.45) is 11.0. The summed E-state index contributed by atoms with van der Waals surface area (Å²) in [6, 6.07) is 7.66. The lowest BCUT2D eigenvalue weighted by Crippen LogP contribution is -2.23. The number of aryl methyl sites for hydroxylation is 2. The maximum Gasteiger partial charge on any atom is 0.303 e. The lowest BCUT2D eigenvalue weighted by atomic mass is 9.91. The monoisotopic (exact) mass is 585 g/mol. The molecule has 0 aliphatic carbocycles. The number of hydrogen-bond acceptors (Lipinski definition) is 7. The van der Waals surface area contributed by atoms with E-state index >= 15 is 0 Å². The Morgan fingerprint density at radius 3 is 2.45 bits per heavy atom. The summed E-state index contributed by atoms with van der Waals surface area (Å²) in [7, 11) is 0. The lowest BCUT2D eigenvalue weighted by molar-refractivity contribution is -0.137. The van der Waals surface area contributed by atoms with E-state index in [-0.39, 0.29) is 17.9 Å². The molecule has 2 aromatic heterocycles. The highest BCUT2D eigenvalue weighted by Gasteiger charge is 2.17. The molecule has 2 aromatic rings. The smallest absolute Gasteiger partial charge is 0.303 e. The number of rotatable bonds is 22. The van der Waals surface area contributed by atoms with Crippen LogP contribution in [0.2, 0.25) is 0 Å². The number of carboxylic acids is 1. The zero-order valence-electron chi connectivity index (χ0n) is 25.7. The summed E-state index contributed by atoms with van der Waals surface area (Å²) >= 11 is 0. The number of nitrogens with zero attached hydrogens (tertiary/aromatic N) is 2. The molecule has 1 atom stereocenters. The Kier molecular flexibility index (Phi) is 15.6. The van der Waals surface area contributed by atoms with Gasteiger partial charge in [0.05, 0.1) is 39.5 Å². The fraction of sp³-hybridized carbons (Fsp3) is 0.667. The van der Waals surface area contributed by atoms with Crippen molar-refractivity contribution < 1.29 is 24.1 Å². The van der Waals surface area contributed by atoms with E-state index in [1.165, 1.54) is 11.6 Å². The predicted molar refractivity (Wildman–Crippen MR) is 165 cm³/mol. The van der Waals surface area contributed by atoms with Crippen molar-refractivity contribution in [3.63, 3.8) is 0 Å². The number of aromatic nitrogens is 2. The van der Waals surface area contributed by atoms with Gasteiger partial charge in [-0.3, -0.25) is 9.59 Å². The highest BCUT2D eigenvalue weighted by Crippen LogP contribution is 2.26. The standard InChI is InChI=1S/C33H51N3O6/c1-26(2)15-18-40-20-22-42-23-21-41-19-17-36-25-29(12-14-31(36)37)28(24-32(38)39)8-5-3-4-6-10-30-13-11-27-9-7-16-34-33(27)35-30/h11-14,25-26,28H,3-10,15-24H2,1-2H3,(H,34,35)(H,38,39)/t28-/m0/s1. The third kappa shape index (κ3) is 13.0. The molecule has 42 heavy (non-hydrogen) atoms. The van der Waals surface area contributed by atoms with Gasteiger partial charge in [0.25, 0.3) is 5.56 Å². The Bertz CT molecular complexity index is 1120. The highest BCUT2D eigenvalue weighted by atomic mass is 16.5. The van der Waals surface area contributed by atoms with Crippen molar-refractivity contribution in [3.8, 4) is 0 Å². The molecule has 0 unspecified atom stereocenters. The van der Waals surface area contributed by atoms with E-state index in [9.17, 15) is 14.7 Å². The molecule has 0 fully saturated rings. The molecule has 0 bridgehead atoms. The molecule has 0 amide bonds. The van der Waals surface area contributed by atoms with Crippen molar-refractivity contribution in [1.29, 1.82) is 0 Å². The van der Waals surface area contributed by atoms with Crippen molar-refractivity contribution in [2.24, 2.45) is 5.92 Å². The van der Waals surface area contributed by atoms with E-state index in [0.717, 1.165) is 88.0 Å². The van der Waals surface area contributed by atoms with Gasteiger partial charge < -0.3 is 29.2 Å². The molecule has 0 saturated heterocycles. The van der Waals surface area contributed by atoms with Crippen LogP contribution in [0.25, 0.3) is 0 Å². The average Bonchev–Trinajstić information content (AvgIpc) is 2.97. The average molecular weight is 586 g/mol. The quantitative estimate of drug-likeness (QED) is 0.176. The van der Waals surface area contributed by atoms with Gasteiger partial charge in [0.15, 0.2) is 0 Å². The van der Waals surface area contributed by atoms with Crippen LogP contribution in [-0.2, 0) is 38.4 Å². The molecule has 234 valence electrons. The van der Waals surface area contributed by atoms with Crippen molar-refractivity contribution in [2.45, 2.75) is 90.5 Å². The third-order valence-electron chi connectivity index (χ3n) is 7.65. The van der Waals surface area contributed by atoms with Crippen molar-refractivity contribution in [2.75, 3.05) is 51.5 Å². The van der Waals surface area contributed by atoms with Gasteiger partial charge in [0, 0.05) is 37.7 Å². The van der Waals surface area contributed by atoms with Crippen LogP contribution in [0.15, 0.2) is 35.3 Å². The van der Waals surface area contributed by atoms with Gasteiger partial charge in [-0.05, 0) is 67.6 Å². The van der Waals surface area contributed by atoms with Gasteiger partial charge in [-0.2, -0.15) is 0 Å². The molecule has 3 rings (SSSR count). The van der Waals surface area contributed by atoms with Crippen LogP contribution in [0.1, 0.15) is 88.0 Å². The topological polar surface area (TPSA) is 112 Å². The molecular formula is C33H51N3O6. The third-order valence-corrected chi connectivity index (χ3v) is 7.65. The van der Waals surface area contributed by atoms with E-state index in [1.54, 1.807) is 16.8 Å². The number of ether oxygens (including phenoxy) is 3. The minimum atomic E-state index is -0.821. The second kappa shape index (κ2) is 19.4. The maximum atomic E-state index is 12.4. The highest BCUT2D eigenvalue weighted by molar-refractivity contribution is 5.68. The molecule has 0 radical (unpaired) electrons. The first-order chi connectivity index (χ1) is 20.4. The summed E-state index contributed by atoms with van der Waals surface area (Å²) in [5.74, 6) is 0.738. The Hall–Kier alpha value is -2.75. The zero-order chi connectivity index (χ0) is 30.0. The Morgan fingerprint density at radius 1 is 0.952 bits per heavy atom. The normalized spacial score (nSPS) is 13.6. The van der Waals surface area contributed by atoms with E-state index in [4.69, 9.17) is 19.2 Å². The molecule has 9 heteroatoms. The van der Waals surface area contributed by atoms with Gasteiger partial charge >= 0.3 is 5.97 Å². The molecule has 2 N–H and O–H groups in total. The Morgan fingerprint density at radius 2 is 1.69 bits per heavy atom. The molecule has 1 aliphatic rings. The number of anilines is 1. The molecule has 1 aliphatic heterocycles. The van der Waals surface area contributed by atoms with Crippen LogP contribution in [0.3, 0.4) is 0 Å². The fourth-order valence-electron chi connectivity index (χ4n) is 5.15.